The van der Waals surface area contributed by atoms with Crippen molar-refractivity contribution in [1.82, 2.24) is 0 Å². The second-order valence-electron chi connectivity index (χ2n) is 11.8. The van der Waals surface area contributed by atoms with E-state index in [1.807, 2.05) is 49.4 Å². The van der Waals surface area contributed by atoms with Gasteiger partial charge in [0.1, 0.15) is 0 Å². The van der Waals surface area contributed by atoms with Gasteiger partial charge in [-0.05, 0) is 0 Å². The molecule has 0 aromatic heterocycles. The summed E-state index contributed by atoms with van der Waals surface area (Å²) < 4.78 is 84.2. The molecule has 6 rings (SSSR count). The van der Waals surface area contributed by atoms with Crippen LogP contribution in [0.5, 0.6) is 0 Å². The molecule has 0 nitrogen and oxygen atoms in total. The van der Waals surface area contributed by atoms with Crippen LogP contribution in [0, 0.1) is 0 Å². The van der Waals surface area contributed by atoms with Gasteiger partial charge in [0.2, 0.25) is 0 Å². The van der Waals surface area contributed by atoms with Gasteiger partial charge in [-0.25, -0.2) is 0 Å². The molecule has 0 radical (unpaired) electrons. The Hall–Kier alpha value is -2.12. The van der Waals surface area contributed by atoms with E-state index >= 15 is 0 Å². The van der Waals surface area contributed by atoms with Crippen LogP contribution in [-0.2, 0) is 36.7 Å². The summed E-state index contributed by atoms with van der Waals surface area (Å²) in [5, 5.41) is 2.59. The van der Waals surface area contributed by atoms with Crippen LogP contribution in [0.1, 0.15) is 64.6 Å². The second kappa shape index (κ2) is 12.2. The van der Waals surface area contributed by atoms with Gasteiger partial charge in [0.15, 0.2) is 0 Å². The summed E-state index contributed by atoms with van der Waals surface area (Å²) in [4.78, 5) is 0. The summed E-state index contributed by atoms with van der Waals surface area (Å²) in [6.07, 6.45) is -5.05. The normalized spacial score (nSPS) is 16.5. The van der Waals surface area contributed by atoms with Crippen molar-refractivity contribution < 1.29 is 44.2 Å². The van der Waals surface area contributed by atoms with E-state index in [1.165, 1.54) is 21.5 Å². The summed E-state index contributed by atoms with van der Waals surface area (Å²) in [7, 11) is 14.5. The molecule has 0 saturated heterocycles. The first-order valence-corrected chi connectivity index (χ1v) is 25.4. The molecule has 4 aromatic carbocycles. The van der Waals surface area contributed by atoms with Gasteiger partial charge in [-0.15, -0.1) is 0 Å². The fourth-order valence-corrected chi connectivity index (χ4v) is 23.8. The van der Waals surface area contributed by atoms with Gasteiger partial charge in [0, 0.05) is 0 Å². The van der Waals surface area contributed by atoms with Gasteiger partial charge in [-0.3, -0.25) is 0 Å². The number of alkyl halides is 6. The van der Waals surface area contributed by atoms with Crippen molar-refractivity contribution in [2.24, 2.45) is 0 Å². The summed E-state index contributed by atoms with van der Waals surface area (Å²) in [6, 6.07) is 20.1. The number of rotatable bonds is 7. The number of hydrogen-bond donors (Lipinski definition) is 0. The molecule has 45 heavy (non-hydrogen) atoms. The van der Waals surface area contributed by atoms with Crippen molar-refractivity contribution in [1.29, 1.82) is 0 Å². The maximum absolute atomic E-state index is 13.9. The maximum atomic E-state index is 13.9. The van der Waals surface area contributed by atoms with Crippen molar-refractivity contribution in [2.45, 2.75) is 55.5 Å². The van der Waals surface area contributed by atoms with E-state index < -0.39 is 50.9 Å². The third-order valence-corrected chi connectivity index (χ3v) is 23.4. The topological polar surface area (TPSA) is 0 Å². The molecule has 1 aliphatic carbocycles. The number of hydrogen-bond acceptors (Lipinski definition) is 0. The monoisotopic (exact) mass is 752 g/mol. The molecule has 2 aliphatic rings. The van der Waals surface area contributed by atoms with Crippen molar-refractivity contribution in [3.63, 3.8) is 0 Å². The van der Waals surface area contributed by atoms with Crippen LogP contribution in [0.4, 0.5) is 26.3 Å². The number of benzene rings is 4. The SMILES string of the molecule is CCCCC1=Cc2c(ccc(CC)c2-c2cc(C(F)(F)F)cc(C(F)(F)F)c2)[CH]1[Zr]([Cl])([Cl])[c]1cccc2c1[SiH2]c1ccccc1-2. The second-order valence-corrected chi connectivity index (χ2v) is 27.6. The van der Waals surface area contributed by atoms with E-state index in [0.717, 1.165) is 39.4 Å². The van der Waals surface area contributed by atoms with Crippen LogP contribution in [-0.4, -0.2) is 9.52 Å². The molecule has 0 fully saturated rings. The molecule has 234 valence electrons. The van der Waals surface area contributed by atoms with E-state index in [1.54, 1.807) is 0 Å². The molecular weight excluding hydrogens is 725 g/mol. The Balaban J connectivity index is 1.56. The summed E-state index contributed by atoms with van der Waals surface area (Å²) in [5.41, 5.74) is 3.12. The Kier molecular flexibility index (Phi) is 8.86. The molecule has 0 amide bonds. The zero-order valence-electron chi connectivity index (χ0n) is 24.6. The van der Waals surface area contributed by atoms with E-state index in [-0.39, 0.29) is 15.3 Å². The number of fused-ring (bicyclic) bond motifs is 4. The molecule has 0 N–H and O–H groups in total. The molecule has 1 unspecified atom stereocenters. The first-order chi connectivity index (χ1) is 21.3. The molecular formula is C35H30Cl2F6SiZr. The molecule has 0 bridgehead atoms. The van der Waals surface area contributed by atoms with Crippen LogP contribution in [0.15, 0.2) is 78.4 Å². The molecule has 0 spiro atoms. The number of halogens is 8. The standard InChI is InChI=1S/C23H21F6.C12H9Si.2ClH.Zr/c1-3-5-6-14-9-16-8-7-15(4-2)21(20(16)10-14)17-11-18(22(24,25)26)13-19(12-17)23(27,28)29;1-3-7-11-9(5-1)10-6-2-4-8-12(10)13-11;;;/h7-13H,3-6H2,1-2H3;1-7H,13H2;2*1H;/q;;;;+2/p-2. The summed E-state index contributed by atoms with van der Waals surface area (Å²) in [6.45, 7) is 3.92. The third-order valence-electron chi connectivity index (χ3n) is 9.03. The van der Waals surface area contributed by atoms with Crippen molar-refractivity contribution in [2.75, 3.05) is 0 Å². The van der Waals surface area contributed by atoms with Crippen LogP contribution < -0.4 is 13.6 Å². The molecule has 1 aliphatic heterocycles. The Labute approximate surface area is 272 Å². The average Bonchev–Trinajstić information content (AvgIpc) is 3.57. The van der Waals surface area contributed by atoms with Gasteiger partial charge in [-0.2, -0.15) is 0 Å². The van der Waals surface area contributed by atoms with Crippen LogP contribution in [0.2, 0.25) is 0 Å². The van der Waals surface area contributed by atoms with E-state index in [4.69, 9.17) is 17.0 Å². The fourth-order valence-electron chi connectivity index (χ4n) is 6.94. The molecule has 0 saturated carbocycles. The van der Waals surface area contributed by atoms with E-state index in [9.17, 15) is 26.3 Å². The van der Waals surface area contributed by atoms with Gasteiger partial charge in [-0.1, -0.05) is 0 Å². The number of aryl methyl sites for hydroxylation is 1. The summed E-state index contributed by atoms with van der Waals surface area (Å²) in [5.74, 6) is 0. The van der Waals surface area contributed by atoms with Gasteiger partial charge < -0.3 is 0 Å². The van der Waals surface area contributed by atoms with E-state index in [0.29, 0.717) is 29.5 Å². The first-order valence-electron chi connectivity index (χ1n) is 15.0. The van der Waals surface area contributed by atoms with Crippen molar-refractivity contribution in [3.05, 3.63) is 106 Å². The minimum absolute atomic E-state index is 0.106. The van der Waals surface area contributed by atoms with Crippen LogP contribution >= 0.6 is 17.0 Å². The predicted molar refractivity (Wildman–Crippen MR) is 173 cm³/mol. The summed E-state index contributed by atoms with van der Waals surface area (Å²) >= 11 is -4.39. The molecule has 1 atom stereocenters. The Morgan fingerprint density at radius 2 is 1.47 bits per heavy atom. The van der Waals surface area contributed by atoms with Gasteiger partial charge in [0.05, 0.1) is 0 Å². The number of unbranched alkanes of at least 4 members (excludes halogenated alkanes) is 1. The predicted octanol–water partition coefficient (Wildman–Crippen LogP) is 9.47. The third kappa shape index (κ3) is 5.94. The molecule has 1 heterocycles. The Morgan fingerprint density at radius 1 is 0.800 bits per heavy atom. The Bertz CT molecular complexity index is 1790. The van der Waals surface area contributed by atoms with Gasteiger partial charge >= 0.3 is 274 Å². The quantitative estimate of drug-likeness (QED) is 0.115. The Morgan fingerprint density at radius 3 is 2.11 bits per heavy atom. The van der Waals surface area contributed by atoms with Gasteiger partial charge in [0.25, 0.3) is 0 Å². The fraction of sp³-hybridized carbons (Fsp3) is 0.257. The zero-order valence-corrected chi connectivity index (χ0v) is 30.0. The number of allylic oxidation sites excluding steroid dienone is 1. The van der Waals surface area contributed by atoms with Crippen molar-refractivity contribution >= 4 is 46.3 Å². The molecule has 10 heteroatoms. The first kappa shape index (κ1) is 32.8. The van der Waals surface area contributed by atoms with Crippen molar-refractivity contribution in [3.8, 4) is 22.3 Å². The van der Waals surface area contributed by atoms with E-state index in [2.05, 4.69) is 25.1 Å². The van der Waals surface area contributed by atoms with Crippen LogP contribution in [0.3, 0.4) is 0 Å². The minimum atomic E-state index is -4.95. The zero-order chi connectivity index (χ0) is 32.3. The van der Waals surface area contributed by atoms with Crippen LogP contribution in [0.25, 0.3) is 28.3 Å². The molecule has 4 aromatic rings. The average molecular weight is 755 g/mol.